The van der Waals surface area contributed by atoms with Crippen LogP contribution in [-0.4, -0.2) is 61.3 Å². The fourth-order valence-corrected chi connectivity index (χ4v) is 7.32. The van der Waals surface area contributed by atoms with Crippen molar-refractivity contribution < 1.29 is 26.7 Å². The van der Waals surface area contributed by atoms with Gasteiger partial charge in [-0.3, -0.25) is 9.78 Å². The van der Waals surface area contributed by atoms with Gasteiger partial charge in [-0.2, -0.15) is 4.31 Å². The van der Waals surface area contributed by atoms with E-state index in [9.17, 15) is 21.6 Å². The van der Waals surface area contributed by atoms with Crippen LogP contribution in [0.25, 0.3) is 10.9 Å². The Morgan fingerprint density at radius 1 is 1.17 bits per heavy atom. The third kappa shape index (κ3) is 5.12. The zero-order chi connectivity index (χ0) is 21.1. The molecule has 0 radical (unpaired) electrons. The van der Waals surface area contributed by atoms with Crippen LogP contribution >= 0.6 is 0 Å². The SMILES string of the molecule is O=C(O)CCCCCN([C@H]1CCS(=O)(=O)C1)S(=O)(=O)c1cccc2cccnc12. The molecule has 1 N–H and O–H groups in total. The number of hydrogen-bond donors (Lipinski definition) is 1. The van der Waals surface area contributed by atoms with E-state index in [0.29, 0.717) is 30.2 Å². The molecule has 1 aliphatic heterocycles. The number of pyridine rings is 1. The molecule has 158 valence electrons. The topological polar surface area (TPSA) is 122 Å². The number of rotatable bonds is 9. The quantitative estimate of drug-likeness (QED) is 0.592. The number of para-hydroxylation sites is 1. The molecular weight excluding hydrogens is 416 g/mol. The number of unbranched alkanes of at least 4 members (excludes halogenated alkanes) is 2. The van der Waals surface area contributed by atoms with Crippen molar-refractivity contribution in [3.8, 4) is 0 Å². The third-order valence-electron chi connectivity index (χ3n) is 5.07. The van der Waals surface area contributed by atoms with Gasteiger partial charge < -0.3 is 5.11 Å². The van der Waals surface area contributed by atoms with E-state index in [1.165, 1.54) is 16.6 Å². The number of benzene rings is 1. The zero-order valence-corrected chi connectivity index (χ0v) is 17.5. The minimum Gasteiger partial charge on any atom is -0.481 e. The first-order chi connectivity index (χ1) is 13.7. The summed E-state index contributed by atoms with van der Waals surface area (Å²) in [5, 5.41) is 9.44. The summed E-state index contributed by atoms with van der Waals surface area (Å²) in [5.41, 5.74) is 0.353. The second kappa shape index (κ2) is 8.76. The van der Waals surface area contributed by atoms with Crippen LogP contribution in [0.15, 0.2) is 41.4 Å². The number of fused-ring (bicyclic) bond motifs is 1. The maximum absolute atomic E-state index is 13.5. The number of sulfonamides is 1. The van der Waals surface area contributed by atoms with Gasteiger partial charge in [0.15, 0.2) is 9.84 Å². The lowest BCUT2D eigenvalue weighted by Gasteiger charge is -2.27. The molecular formula is C19H24N2O6S2. The van der Waals surface area contributed by atoms with Gasteiger partial charge in [0.1, 0.15) is 4.90 Å². The van der Waals surface area contributed by atoms with E-state index in [0.717, 1.165) is 0 Å². The first kappa shape index (κ1) is 21.7. The van der Waals surface area contributed by atoms with E-state index in [2.05, 4.69) is 4.98 Å². The monoisotopic (exact) mass is 440 g/mol. The van der Waals surface area contributed by atoms with Gasteiger partial charge in [0.25, 0.3) is 0 Å². The van der Waals surface area contributed by atoms with Crippen LogP contribution in [0.4, 0.5) is 0 Å². The molecule has 0 unspecified atom stereocenters. The number of carbonyl (C=O) groups is 1. The largest absolute Gasteiger partial charge is 0.481 e. The summed E-state index contributed by atoms with van der Waals surface area (Å²) in [6, 6.07) is 7.79. The van der Waals surface area contributed by atoms with E-state index < -0.39 is 31.9 Å². The Labute approximate surface area is 170 Å². The molecule has 0 bridgehead atoms. The van der Waals surface area contributed by atoms with Gasteiger partial charge in [-0.25, -0.2) is 16.8 Å². The Morgan fingerprint density at radius 3 is 2.62 bits per heavy atom. The van der Waals surface area contributed by atoms with Crippen molar-refractivity contribution in [3.05, 3.63) is 36.5 Å². The number of hydrogen-bond acceptors (Lipinski definition) is 6. The fourth-order valence-electron chi connectivity index (χ4n) is 3.63. The van der Waals surface area contributed by atoms with Crippen molar-refractivity contribution in [1.29, 1.82) is 0 Å². The molecule has 0 aliphatic carbocycles. The molecule has 1 fully saturated rings. The van der Waals surface area contributed by atoms with Crippen LogP contribution in [0, 0.1) is 0 Å². The molecule has 1 atom stereocenters. The van der Waals surface area contributed by atoms with Gasteiger partial charge in [0, 0.05) is 30.6 Å². The highest BCUT2D eigenvalue weighted by Crippen LogP contribution is 2.29. The lowest BCUT2D eigenvalue weighted by atomic mass is 10.2. The van der Waals surface area contributed by atoms with Crippen molar-refractivity contribution in [2.75, 3.05) is 18.1 Å². The van der Waals surface area contributed by atoms with Crippen LogP contribution in [0.3, 0.4) is 0 Å². The minimum atomic E-state index is -3.97. The summed E-state index contributed by atoms with van der Waals surface area (Å²) in [4.78, 5) is 15.0. The minimum absolute atomic E-state index is 0.0256. The van der Waals surface area contributed by atoms with Crippen LogP contribution in [0.5, 0.6) is 0 Å². The summed E-state index contributed by atoms with van der Waals surface area (Å²) < 4.78 is 52.3. The number of aliphatic carboxylic acids is 1. The maximum Gasteiger partial charge on any atom is 0.303 e. The molecule has 3 rings (SSSR count). The second-order valence-corrected chi connectivity index (χ2v) is 11.3. The van der Waals surface area contributed by atoms with Crippen molar-refractivity contribution in [3.63, 3.8) is 0 Å². The van der Waals surface area contributed by atoms with Crippen LogP contribution in [0.2, 0.25) is 0 Å². The van der Waals surface area contributed by atoms with Crippen molar-refractivity contribution in [1.82, 2.24) is 9.29 Å². The van der Waals surface area contributed by atoms with Gasteiger partial charge in [-0.05, 0) is 31.4 Å². The standard InChI is InChI=1S/C19H24N2O6S2/c22-18(23)9-2-1-3-12-21(16-10-13-28(24,25)14-16)29(26,27)17-8-4-6-15-7-5-11-20-19(15)17/h4-8,11,16H,1-3,9-10,12-14H2,(H,22,23)/t16-/m0/s1. The molecule has 0 spiro atoms. The van der Waals surface area contributed by atoms with Gasteiger partial charge >= 0.3 is 5.97 Å². The Balaban J connectivity index is 1.90. The predicted molar refractivity (Wildman–Crippen MR) is 109 cm³/mol. The smallest absolute Gasteiger partial charge is 0.303 e. The summed E-state index contributed by atoms with van der Waals surface area (Å²) in [6.45, 7) is 0.144. The molecule has 1 aromatic carbocycles. The molecule has 8 nitrogen and oxygen atoms in total. The third-order valence-corrected chi connectivity index (χ3v) is 8.80. The molecule has 10 heteroatoms. The first-order valence-electron chi connectivity index (χ1n) is 9.48. The Bertz CT molecular complexity index is 1090. The molecule has 1 aromatic heterocycles. The highest BCUT2D eigenvalue weighted by atomic mass is 32.2. The van der Waals surface area contributed by atoms with Crippen molar-refractivity contribution in [2.45, 2.75) is 43.0 Å². The van der Waals surface area contributed by atoms with E-state index in [-0.39, 0.29) is 35.8 Å². The number of carboxylic acids is 1. The van der Waals surface area contributed by atoms with Gasteiger partial charge in [0.2, 0.25) is 10.0 Å². The van der Waals surface area contributed by atoms with Crippen LogP contribution in [-0.2, 0) is 24.7 Å². The Morgan fingerprint density at radius 2 is 1.93 bits per heavy atom. The molecule has 1 saturated heterocycles. The van der Waals surface area contributed by atoms with E-state index in [1.807, 2.05) is 0 Å². The number of nitrogens with zero attached hydrogens (tertiary/aromatic N) is 2. The second-order valence-electron chi connectivity index (χ2n) is 7.21. The average molecular weight is 441 g/mol. The predicted octanol–water partition coefficient (Wildman–Crippen LogP) is 2.06. The molecule has 1 aliphatic rings. The van der Waals surface area contributed by atoms with E-state index in [4.69, 9.17) is 5.11 Å². The van der Waals surface area contributed by atoms with Crippen molar-refractivity contribution in [2.24, 2.45) is 0 Å². The lowest BCUT2D eigenvalue weighted by molar-refractivity contribution is -0.137. The van der Waals surface area contributed by atoms with Gasteiger partial charge in [-0.15, -0.1) is 0 Å². The zero-order valence-electron chi connectivity index (χ0n) is 15.9. The lowest BCUT2D eigenvalue weighted by Crippen LogP contribution is -2.41. The first-order valence-corrected chi connectivity index (χ1v) is 12.7. The van der Waals surface area contributed by atoms with Gasteiger partial charge in [0.05, 0.1) is 17.0 Å². The fraction of sp³-hybridized carbons (Fsp3) is 0.474. The maximum atomic E-state index is 13.5. The number of aromatic nitrogens is 1. The van der Waals surface area contributed by atoms with E-state index in [1.54, 1.807) is 24.3 Å². The summed E-state index contributed by atoms with van der Waals surface area (Å²) in [7, 11) is -7.25. The normalized spacial score (nSPS) is 19.0. The number of carboxylic acid groups (broad SMARTS) is 1. The van der Waals surface area contributed by atoms with E-state index >= 15 is 0 Å². The van der Waals surface area contributed by atoms with Crippen LogP contribution in [0.1, 0.15) is 32.1 Å². The number of sulfone groups is 1. The molecule has 2 heterocycles. The molecule has 0 saturated carbocycles. The molecule has 29 heavy (non-hydrogen) atoms. The summed E-state index contributed by atoms with van der Waals surface area (Å²) in [5.74, 6) is -1.12. The summed E-state index contributed by atoms with van der Waals surface area (Å²) >= 11 is 0. The average Bonchev–Trinajstić information content (AvgIpc) is 3.02. The van der Waals surface area contributed by atoms with Crippen LogP contribution < -0.4 is 0 Å². The highest BCUT2D eigenvalue weighted by Gasteiger charge is 2.39. The molecule has 2 aromatic rings. The summed E-state index contributed by atoms with van der Waals surface area (Å²) in [6.07, 6.45) is 3.26. The Kier molecular flexibility index (Phi) is 6.55. The van der Waals surface area contributed by atoms with Gasteiger partial charge in [-0.1, -0.05) is 24.6 Å². The molecule has 0 amide bonds. The van der Waals surface area contributed by atoms with Crippen molar-refractivity contribution >= 4 is 36.7 Å². The Hall–Kier alpha value is -2.04. The highest BCUT2D eigenvalue weighted by molar-refractivity contribution is 7.92.